The molecule has 2 heterocycles. The number of amides is 1. The predicted molar refractivity (Wildman–Crippen MR) is 71.6 cm³/mol. The lowest BCUT2D eigenvalue weighted by atomic mass is 10.1. The number of nitrogens with zero attached hydrogens (tertiary/aromatic N) is 4. The maximum Gasteiger partial charge on any atom is 0.251 e. The van der Waals surface area contributed by atoms with Crippen LogP contribution in [0.2, 0.25) is 0 Å². The molecular weight excluding hydrogens is 254 g/mol. The van der Waals surface area contributed by atoms with Crippen molar-refractivity contribution in [2.75, 3.05) is 0 Å². The van der Waals surface area contributed by atoms with Gasteiger partial charge in [-0.05, 0) is 26.0 Å². The van der Waals surface area contributed by atoms with Crippen molar-refractivity contribution in [2.24, 2.45) is 0 Å². The molecule has 2 aromatic heterocycles. The van der Waals surface area contributed by atoms with E-state index in [1.54, 1.807) is 6.07 Å². The molecule has 6 heteroatoms. The smallest absolute Gasteiger partial charge is 0.251 e. The number of aryl methyl sites for hydroxylation is 2. The minimum atomic E-state index is -0.258. The zero-order valence-electron chi connectivity index (χ0n) is 11.2. The fraction of sp³-hybridized carbons (Fsp3) is 0.214. The Bertz CT molecular complexity index is 670. The Labute approximate surface area is 116 Å². The minimum Gasteiger partial charge on any atom is -0.348 e. The van der Waals surface area contributed by atoms with Gasteiger partial charge >= 0.3 is 0 Å². The summed E-state index contributed by atoms with van der Waals surface area (Å²) in [5, 5.41) is 11.6. The molecule has 0 aliphatic carbocycles. The van der Waals surface area contributed by atoms with E-state index in [1.807, 2.05) is 19.9 Å². The Balaban J connectivity index is 2.11. The maximum absolute atomic E-state index is 12.0. The molecule has 0 atom stereocenters. The Kier molecular flexibility index (Phi) is 4.01. The third-order valence-corrected chi connectivity index (χ3v) is 2.94. The van der Waals surface area contributed by atoms with Gasteiger partial charge in [0.15, 0.2) is 0 Å². The van der Waals surface area contributed by atoms with Gasteiger partial charge in [0.2, 0.25) is 0 Å². The quantitative estimate of drug-likeness (QED) is 0.904. The van der Waals surface area contributed by atoms with Gasteiger partial charge in [0.05, 0.1) is 0 Å². The summed E-state index contributed by atoms with van der Waals surface area (Å²) in [6.45, 7) is 4.09. The van der Waals surface area contributed by atoms with Crippen molar-refractivity contribution in [1.82, 2.24) is 20.3 Å². The average molecular weight is 267 g/mol. The van der Waals surface area contributed by atoms with Gasteiger partial charge in [-0.2, -0.15) is 5.26 Å². The Hall–Kier alpha value is -2.81. The van der Waals surface area contributed by atoms with Crippen LogP contribution in [0.5, 0.6) is 0 Å². The highest BCUT2D eigenvalue weighted by atomic mass is 16.1. The van der Waals surface area contributed by atoms with Crippen LogP contribution < -0.4 is 5.32 Å². The van der Waals surface area contributed by atoms with Gasteiger partial charge in [-0.15, -0.1) is 0 Å². The highest BCUT2D eigenvalue weighted by Gasteiger charge is 2.09. The van der Waals surface area contributed by atoms with Crippen LogP contribution in [0, 0.1) is 25.2 Å². The van der Waals surface area contributed by atoms with Crippen molar-refractivity contribution in [1.29, 1.82) is 5.26 Å². The van der Waals surface area contributed by atoms with Gasteiger partial charge in [0.25, 0.3) is 5.91 Å². The first-order valence-electron chi connectivity index (χ1n) is 6.03. The summed E-state index contributed by atoms with van der Waals surface area (Å²) in [7, 11) is 0. The molecule has 1 amide bonds. The molecule has 0 unspecified atom stereocenters. The van der Waals surface area contributed by atoms with E-state index in [9.17, 15) is 4.79 Å². The molecule has 0 saturated carbocycles. The summed E-state index contributed by atoms with van der Waals surface area (Å²) in [5.74, 6) is -0.258. The van der Waals surface area contributed by atoms with Gasteiger partial charge in [0, 0.05) is 35.3 Å². The van der Waals surface area contributed by atoms with E-state index in [-0.39, 0.29) is 11.6 Å². The molecule has 20 heavy (non-hydrogen) atoms. The van der Waals surface area contributed by atoms with E-state index in [4.69, 9.17) is 5.26 Å². The van der Waals surface area contributed by atoms with E-state index in [1.165, 1.54) is 18.6 Å². The number of carbonyl (C=O) groups excluding carboxylic acids is 1. The molecule has 0 aromatic carbocycles. The third kappa shape index (κ3) is 2.95. The number of aromatic nitrogens is 3. The van der Waals surface area contributed by atoms with E-state index in [0.717, 1.165) is 17.0 Å². The summed E-state index contributed by atoms with van der Waals surface area (Å²) in [6, 6.07) is 4.92. The first kappa shape index (κ1) is 13.6. The fourth-order valence-electron chi connectivity index (χ4n) is 1.78. The van der Waals surface area contributed by atoms with Crippen LogP contribution in [-0.4, -0.2) is 20.9 Å². The number of pyridine rings is 1. The molecule has 1 N–H and O–H groups in total. The second kappa shape index (κ2) is 5.89. The molecule has 0 aliphatic rings. The molecule has 2 rings (SSSR count). The minimum absolute atomic E-state index is 0.216. The topological polar surface area (TPSA) is 91.6 Å². The predicted octanol–water partition coefficient (Wildman–Crippen LogP) is 1.29. The first-order chi connectivity index (χ1) is 9.61. The number of hydrogen-bond donors (Lipinski definition) is 1. The van der Waals surface area contributed by atoms with Crippen molar-refractivity contribution < 1.29 is 4.79 Å². The van der Waals surface area contributed by atoms with Gasteiger partial charge < -0.3 is 5.32 Å². The highest BCUT2D eigenvalue weighted by Crippen LogP contribution is 2.08. The number of nitriles is 1. The van der Waals surface area contributed by atoms with Crippen molar-refractivity contribution in [2.45, 2.75) is 20.4 Å². The summed E-state index contributed by atoms with van der Waals surface area (Å²) in [5.41, 5.74) is 3.20. The highest BCUT2D eigenvalue weighted by molar-refractivity contribution is 5.94. The van der Waals surface area contributed by atoms with Crippen LogP contribution in [-0.2, 0) is 6.54 Å². The summed E-state index contributed by atoms with van der Waals surface area (Å²) in [4.78, 5) is 24.1. The molecule has 0 fully saturated rings. The van der Waals surface area contributed by atoms with Crippen LogP contribution >= 0.6 is 0 Å². The van der Waals surface area contributed by atoms with Gasteiger partial charge in [-0.3, -0.25) is 4.79 Å². The summed E-state index contributed by atoms with van der Waals surface area (Å²) < 4.78 is 0. The largest absolute Gasteiger partial charge is 0.348 e. The Morgan fingerprint density at radius 2 is 2.00 bits per heavy atom. The lowest BCUT2D eigenvalue weighted by Gasteiger charge is -2.09. The zero-order valence-corrected chi connectivity index (χ0v) is 11.2. The maximum atomic E-state index is 12.0. The monoisotopic (exact) mass is 267 g/mol. The lowest BCUT2D eigenvalue weighted by Crippen LogP contribution is -2.24. The van der Waals surface area contributed by atoms with E-state index in [0.29, 0.717) is 12.1 Å². The van der Waals surface area contributed by atoms with Crippen molar-refractivity contribution >= 4 is 5.91 Å². The van der Waals surface area contributed by atoms with Crippen molar-refractivity contribution in [3.8, 4) is 6.07 Å². The van der Waals surface area contributed by atoms with Crippen LogP contribution in [0.1, 0.15) is 33.0 Å². The van der Waals surface area contributed by atoms with Gasteiger partial charge in [-0.1, -0.05) is 0 Å². The van der Waals surface area contributed by atoms with E-state index < -0.39 is 0 Å². The number of carbonyl (C=O) groups is 1. The molecule has 0 radical (unpaired) electrons. The molecule has 0 bridgehead atoms. The van der Waals surface area contributed by atoms with Crippen LogP contribution in [0.4, 0.5) is 0 Å². The van der Waals surface area contributed by atoms with Gasteiger partial charge in [-0.25, -0.2) is 15.0 Å². The van der Waals surface area contributed by atoms with Crippen molar-refractivity contribution in [3.05, 3.63) is 52.9 Å². The van der Waals surface area contributed by atoms with Gasteiger partial charge in [0.1, 0.15) is 18.1 Å². The van der Waals surface area contributed by atoms with E-state index >= 15 is 0 Å². The second-order valence-corrected chi connectivity index (χ2v) is 4.25. The zero-order chi connectivity index (χ0) is 14.5. The molecule has 100 valence electrons. The van der Waals surface area contributed by atoms with Crippen LogP contribution in [0.15, 0.2) is 24.7 Å². The lowest BCUT2D eigenvalue weighted by molar-refractivity contribution is 0.0950. The molecule has 6 nitrogen and oxygen atoms in total. The second-order valence-electron chi connectivity index (χ2n) is 4.25. The van der Waals surface area contributed by atoms with E-state index in [2.05, 4.69) is 20.3 Å². The molecular formula is C14H13N5O. The fourth-order valence-corrected chi connectivity index (χ4v) is 1.78. The molecule has 0 spiro atoms. The molecule has 2 aromatic rings. The number of hydrogen-bond acceptors (Lipinski definition) is 5. The Morgan fingerprint density at radius 1 is 1.30 bits per heavy atom. The standard InChI is InChI=1S/C14H13N5O/c1-9-13(10(2)19-8-18-9)7-17-14(20)11-3-4-16-12(5-11)6-15/h3-5,8H,7H2,1-2H3,(H,17,20). The number of nitrogens with one attached hydrogen (secondary N) is 1. The van der Waals surface area contributed by atoms with Crippen LogP contribution in [0.25, 0.3) is 0 Å². The summed E-state index contributed by atoms with van der Waals surface area (Å²) >= 11 is 0. The first-order valence-corrected chi connectivity index (χ1v) is 6.03. The Morgan fingerprint density at radius 3 is 2.65 bits per heavy atom. The normalized spacial score (nSPS) is 9.85. The number of rotatable bonds is 3. The average Bonchev–Trinajstić information content (AvgIpc) is 2.46. The third-order valence-electron chi connectivity index (χ3n) is 2.94. The van der Waals surface area contributed by atoms with Crippen molar-refractivity contribution in [3.63, 3.8) is 0 Å². The summed E-state index contributed by atoms with van der Waals surface area (Å²) in [6.07, 6.45) is 2.94. The van der Waals surface area contributed by atoms with Crippen LogP contribution in [0.3, 0.4) is 0 Å². The molecule has 0 aliphatic heterocycles. The SMILES string of the molecule is Cc1ncnc(C)c1CNC(=O)c1ccnc(C#N)c1. The molecule has 0 saturated heterocycles.